The second-order valence-corrected chi connectivity index (χ2v) is 7.40. The van der Waals surface area contributed by atoms with Crippen LogP contribution >= 0.6 is 0 Å². The molecule has 0 aliphatic carbocycles. The van der Waals surface area contributed by atoms with E-state index in [1.807, 2.05) is 45.0 Å². The SMILES string of the molecule is COc1ccc([C@@H]2[C@@H](CO)OCCN2C(=O)c2cc(C)c(C)cc2C)cc1OC. The molecule has 0 radical (unpaired) electrons. The molecule has 0 spiro atoms. The van der Waals surface area contributed by atoms with E-state index in [0.29, 0.717) is 30.2 Å². The number of hydrogen-bond acceptors (Lipinski definition) is 5. The number of carbonyl (C=O) groups is 1. The van der Waals surface area contributed by atoms with Gasteiger partial charge in [0.2, 0.25) is 0 Å². The van der Waals surface area contributed by atoms with Crippen molar-refractivity contribution < 1.29 is 24.1 Å². The van der Waals surface area contributed by atoms with Gasteiger partial charge in [0.15, 0.2) is 11.5 Å². The second-order valence-electron chi connectivity index (χ2n) is 7.40. The van der Waals surface area contributed by atoms with E-state index in [-0.39, 0.29) is 12.5 Å². The van der Waals surface area contributed by atoms with E-state index in [1.54, 1.807) is 25.2 Å². The van der Waals surface area contributed by atoms with Gasteiger partial charge in [-0.1, -0.05) is 12.1 Å². The zero-order valence-electron chi connectivity index (χ0n) is 17.7. The van der Waals surface area contributed by atoms with Gasteiger partial charge in [-0.15, -0.1) is 0 Å². The van der Waals surface area contributed by atoms with Crippen LogP contribution in [0.4, 0.5) is 0 Å². The summed E-state index contributed by atoms with van der Waals surface area (Å²) in [5, 5.41) is 9.94. The van der Waals surface area contributed by atoms with Gasteiger partial charge in [-0.05, 0) is 61.2 Å². The third-order valence-corrected chi connectivity index (χ3v) is 5.61. The zero-order chi connectivity index (χ0) is 21.1. The Kier molecular flexibility index (Phi) is 6.45. The number of ether oxygens (including phenoxy) is 3. The molecule has 0 saturated carbocycles. The number of methoxy groups -OCH3 is 2. The van der Waals surface area contributed by atoms with Crippen LogP contribution in [0.2, 0.25) is 0 Å². The number of aliphatic hydroxyl groups is 1. The minimum Gasteiger partial charge on any atom is -0.493 e. The van der Waals surface area contributed by atoms with Gasteiger partial charge in [0.05, 0.1) is 33.5 Å². The topological polar surface area (TPSA) is 68.2 Å². The zero-order valence-corrected chi connectivity index (χ0v) is 17.7. The standard InChI is InChI=1S/C23H29NO5/c1-14-10-16(3)18(11-15(14)2)23(26)24-8-9-29-21(13-25)22(24)17-6-7-19(27-4)20(12-17)28-5/h6-7,10-12,21-22,25H,8-9,13H2,1-5H3/t21-,22-/m1/s1. The van der Waals surface area contributed by atoms with Gasteiger partial charge in [-0.25, -0.2) is 0 Å². The average molecular weight is 399 g/mol. The van der Waals surface area contributed by atoms with Gasteiger partial charge in [-0.3, -0.25) is 4.79 Å². The number of morpholine rings is 1. The summed E-state index contributed by atoms with van der Waals surface area (Å²) in [6.07, 6.45) is -0.516. The lowest BCUT2D eigenvalue weighted by Crippen LogP contribution is -2.49. The molecule has 1 fully saturated rings. The van der Waals surface area contributed by atoms with Crippen molar-refractivity contribution in [1.82, 2.24) is 4.90 Å². The van der Waals surface area contributed by atoms with E-state index in [0.717, 1.165) is 22.3 Å². The predicted molar refractivity (Wildman–Crippen MR) is 111 cm³/mol. The number of aryl methyl sites for hydroxylation is 3. The molecule has 0 unspecified atom stereocenters. The first-order chi connectivity index (χ1) is 13.9. The van der Waals surface area contributed by atoms with Gasteiger partial charge in [0.25, 0.3) is 5.91 Å². The molecule has 2 aromatic rings. The molecule has 6 nitrogen and oxygen atoms in total. The summed E-state index contributed by atoms with van der Waals surface area (Å²) in [5.41, 5.74) is 4.68. The Labute approximate surface area is 172 Å². The molecular formula is C23H29NO5. The Bertz CT molecular complexity index is 895. The summed E-state index contributed by atoms with van der Waals surface area (Å²) < 4.78 is 16.6. The van der Waals surface area contributed by atoms with E-state index < -0.39 is 12.1 Å². The number of nitrogens with zero attached hydrogens (tertiary/aromatic N) is 1. The number of amides is 1. The van der Waals surface area contributed by atoms with E-state index >= 15 is 0 Å². The van der Waals surface area contributed by atoms with Gasteiger partial charge in [0, 0.05) is 12.1 Å². The van der Waals surface area contributed by atoms with Crippen LogP contribution in [0.5, 0.6) is 11.5 Å². The molecule has 1 aliphatic heterocycles. The van der Waals surface area contributed by atoms with Crippen molar-refractivity contribution in [3.8, 4) is 11.5 Å². The average Bonchev–Trinajstić information content (AvgIpc) is 2.74. The van der Waals surface area contributed by atoms with Crippen molar-refractivity contribution in [3.63, 3.8) is 0 Å². The Balaban J connectivity index is 2.04. The van der Waals surface area contributed by atoms with E-state index in [2.05, 4.69) is 0 Å². The fraction of sp³-hybridized carbons (Fsp3) is 0.435. The maximum absolute atomic E-state index is 13.5. The lowest BCUT2D eigenvalue weighted by molar-refractivity contribution is -0.0812. The summed E-state index contributed by atoms with van der Waals surface area (Å²) in [7, 11) is 3.15. The molecule has 1 heterocycles. The van der Waals surface area contributed by atoms with Crippen molar-refractivity contribution >= 4 is 5.91 Å². The minimum atomic E-state index is -0.516. The molecule has 1 saturated heterocycles. The van der Waals surface area contributed by atoms with Gasteiger partial charge >= 0.3 is 0 Å². The third-order valence-electron chi connectivity index (χ3n) is 5.61. The predicted octanol–water partition coefficient (Wildman–Crippen LogP) is 3.20. The van der Waals surface area contributed by atoms with Crippen molar-refractivity contribution in [3.05, 3.63) is 58.1 Å². The summed E-state index contributed by atoms with van der Waals surface area (Å²) in [6.45, 7) is 6.64. The van der Waals surface area contributed by atoms with Crippen LogP contribution < -0.4 is 9.47 Å². The summed E-state index contributed by atoms with van der Waals surface area (Å²) in [4.78, 5) is 15.3. The van der Waals surface area contributed by atoms with Gasteiger partial charge in [-0.2, -0.15) is 0 Å². The smallest absolute Gasteiger partial charge is 0.254 e. The third kappa shape index (κ3) is 4.09. The molecule has 0 bridgehead atoms. The molecule has 29 heavy (non-hydrogen) atoms. The highest BCUT2D eigenvalue weighted by Crippen LogP contribution is 2.36. The van der Waals surface area contributed by atoms with Crippen LogP contribution in [0.25, 0.3) is 0 Å². The Morgan fingerprint density at radius 1 is 1.07 bits per heavy atom. The maximum atomic E-state index is 13.5. The number of hydrogen-bond donors (Lipinski definition) is 1. The highest BCUT2D eigenvalue weighted by molar-refractivity contribution is 5.96. The van der Waals surface area contributed by atoms with E-state index in [9.17, 15) is 9.90 Å². The van der Waals surface area contributed by atoms with Crippen LogP contribution in [-0.4, -0.2) is 56.0 Å². The molecule has 156 valence electrons. The Hall–Kier alpha value is -2.57. The second kappa shape index (κ2) is 8.84. The first kappa shape index (κ1) is 21.1. The van der Waals surface area contributed by atoms with Crippen molar-refractivity contribution in [2.75, 3.05) is 34.0 Å². The van der Waals surface area contributed by atoms with E-state index in [1.165, 1.54) is 0 Å². The number of aliphatic hydroxyl groups excluding tert-OH is 1. The number of carbonyl (C=O) groups excluding carboxylic acids is 1. The van der Waals surface area contributed by atoms with E-state index in [4.69, 9.17) is 14.2 Å². The summed E-state index contributed by atoms with van der Waals surface area (Å²) in [5.74, 6) is 1.12. The molecule has 0 aromatic heterocycles. The van der Waals surface area contributed by atoms with Crippen molar-refractivity contribution in [2.24, 2.45) is 0 Å². The molecule has 2 aromatic carbocycles. The fourth-order valence-corrected chi connectivity index (χ4v) is 3.89. The lowest BCUT2D eigenvalue weighted by Gasteiger charge is -2.41. The van der Waals surface area contributed by atoms with Crippen LogP contribution in [0.1, 0.15) is 38.7 Å². The quantitative estimate of drug-likeness (QED) is 0.836. The van der Waals surface area contributed by atoms with Crippen molar-refractivity contribution in [1.29, 1.82) is 0 Å². The van der Waals surface area contributed by atoms with Crippen LogP contribution in [0.3, 0.4) is 0 Å². The first-order valence-corrected chi connectivity index (χ1v) is 9.74. The summed E-state index contributed by atoms with van der Waals surface area (Å²) >= 11 is 0. The van der Waals surface area contributed by atoms with Gasteiger partial charge < -0.3 is 24.2 Å². The largest absolute Gasteiger partial charge is 0.493 e. The fourth-order valence-electron chi connectivity index (χ4n) is 3.89. The highest BCUT2D eigenvalue weighted by Gasteiger charge is 2.37. The normalized spacial score (nSPS) is 19.2. The lowest BCUT2D eigenvalue weighted by atomic mass is 9.95. The molecular weight excluding hydrogens is 370 g/mol. The first-order valence-electron chi connectivity index (χ1n) is 9.74. The maximum Gasteiger partial charge on any atom is 0.254 e. The molecule has 1 N–H and O–H groups in total. The highest BCUT2D eigenvalue weighted by atomic mass is 16.5. The van der Waals surface area contributed by atoms with Crippen LogP contribution in [0, 0.1) is 20.8 Å². The molecule has 1 aliphatic rings. The van der Waals surface area contributed by atoms with Crippen LogP contribution in [-0.2, 0) is 4.74 Å². The molecule has 6 heteroatoms. The summed E-state index contributed by atoms with van der Waals surface area (Å²) in [6, 6.07) is 9.09. The number of benzene rings is 2. The van der Waals surface area contributed by atoms with Crippen molar-refractivity contribution in [2.45, 2.75) is 32.9 Å². The van der Waals surface area contributed by atoms with Crippen LogP contribution in [0.15, 0.2) is 30.3 Å². The minimum absolute atomic E-state index is 0.0628. The molecule has 1 amide bonds. The number of rotatable bonds is 5. The van der Waals surface area contributed by atoms with Gasteiger partial charge in [0.1, 0.15) is 6.10 Å². The molecule has 3 rings (SSSR count). The molecule has 2 atom stereocenters. The Morgan fingerprint density at radius 3 is 2.41 bits per heavy atom. The monoisotopic (exact) mass is 399 g/mol. The Morgan fingerprint density at radius 2 is 1.76 bits per heavy atom.